The quantitative estimate of drug-likeness (QED) is 0.898. The van der Waals surface area contributed by atoms with Crippen LogP contribution >= 0.6 is 11.6 Å². The zero-order valence-electron chi connectivity index (χ0n) is 8.80. The van der Waals surface area contributed by atoms with E-state index < -0.39 is 0 Å². The number of nitrogens with zero attached hydrogens (tertiary/aromatic N) is 3. The fraction of sp³-hybridized carbons (Fsp3) is 0.0909. The van der Waals surface area contributed by atoms with Crippen LogP contribution in [-0.4, -0.2) is 21.1 Å². The molecule has 5 nitrogen and oxygen atoms in total. The summed E-state index contributed by atoms with van der Waals surface area (Å²) in [7, 11) is 0. The first-order valence-electron chi connectivity index (χ1n) is 4.93. The van der Waals surface area contributed by atoms with Gasteiger partial charge in [0.25, 0.3) is 0 Å². The molecule has 0 radical (unpaired) electrons. The molecule has 0 fully saturated rings. The molecule has 2 aromatic rings. The van der Waals surface area contributed by atoms with Crippen LogP contribution in [0, 0.1) is 0 Å². The summed E-state index contributed by atoms with van der Waals surface area (Å²) in [4.78, 5) is 15.7. The topological polar surface area (TPSA) is 67.8 Å². The monoisotopic (exact) mass is 248 g/mol. The van der Waals surface area contributed by atoms with Crippen LogP contribution in [0.25, 0.3) is 0 Å². The maximum atomic E-state index is 11.6. The van der Waals surface area contributed by atoms with Crippen molar-refractivity contribution in [1.29, 1.82) is 0 Å². The van der Waals surface area contributed by atoms with Crippen molar-refractivity contribution in [3.63, 3.8) is 0 Å². The molecule has 0 aliphatic heterocycles. The van der Waals surface area contributed by atoms with Gasteiger partial charge in [-0.3, -0.25) is 9.78 Å². The van der Waals surface area contributed by atoms with Crippen LogP contribution in [0.15, 0.2) is 36.5 Å². The van der Waals surface area contributed by atoms with E-state index in [-0.39, 0.29) is 17.5 Å². The van der Waals surface area contributed by atoms with Crippen LogP contribution in [0.4, 0.5) is 5.82 Å². The number of hydrogen-bond donors (Lipinski definition) is 1. The van der Waals surface area contributed by atoms with Gasteiger partial charge in [-0.05, 0) is 24.3 Å². The maximum Gasteiger partial charge on any atom is 0.231 e. The van der Waals surface area contributed by atoms with E-state index in [2.05, 4.69) is 20.5 Å². The number of amides is 1. The van der Waals surface area contributed by atoms with Crippen LogP contribution in [0.1, 0.15) is 5.69 Å². The Morgan fingerprint density at radius 3 is 2.76 bits per heavy atom. The second-order valence-corrected chi connectivity index (χ2v) is 3.67. The van der Waals surface area contributed by atoms with Crippen molar-refractivity contribution < 1.29 is 4.79 Å². The third-order valence-corrected chi connectivity index (χ3v) is 2.17. The summed E-state index contributed by atoms with van der Waals surface area (Å²) in [5.74, 6) is 0.177. The van der Waals surface area contributed by atoms with E-state index in [1.54, 1.807) is 30.5 Å². The van der Waals surface area contributed by atoms with Crippen LogP contribution < -0.4 is 5.32 Å². The van der Waals surface area contributed by atoms with Gasteiger partial charge in [0, 0.05) is 11.9 Å². The molecule has 17 heavy (non-hydrogen) atoms. The molecule has 0 aliphatic rings. The number of carbonyl (C=O) groups excluding carboxylic acids is 1. The third kappa shape index (κ3) is 3.49. The molecule has 1 N–H and O–H groups in total. The van der Waals surface area contributed by atoms with Gasteiger partial charge in [-0.1, -0.05) is 17.7 Å². The number of nitrogens with one attached hydrogen (secondary N) is 1. The first-order valence-corrected chi connectivity index (χ1v) is 5.31. The Labute approximate surface area is 103 Å². The van der Waals surface area contributed by atoms with E-state index in [0.29, 0.717) is 11.5 Å². The Balaban J connectivity index is 1.96. The number of rotatable bonds is 3. The standard InChI is InChI=1S/C11H9ClN4O/c12-9-4-5-10(16-15-9)14-11(17)7-8-3-1-2-6-13-8/h1-6H,7H2,(H,14,16,17). The van der Waals surface area contributed by atoms with Crippen LogP contribution in [0.2, 0.25) is 5.15 Å². The molecule has 0 spiro atoms. The molecule has 6 heteroatoms. The number of hydrogen-bond acceptors (Lipinski definition) is 4. The summed E-state index contributed by atoms with van der Waals surface area (Å²) >= 11 is 5.58. The third-order valence-electron chi connectivity index (χ3n) is 1.97. The van der Waals surface area contributed by atoms with Crippen LogP contribution in [-0.2, 0) is 11.2 Å². The average Bonchev–Trinajstić information content (AvgIpc) is 2.33. The lowest BCUT2D eigenvalue weighted by Crippen LogP contribution is -2.16. The lowest BCUT2D eigenvalue weighted by Gasteiger charge is -2.02. The minimum absolute atomic E-state index is 0.194. The molecule has 0 atom stereocenters. The van der Waals surface area contributed by atoms with Crippen molar-refractivity contribution in [2.45, 2.75) is 6.42 Å². The summed E-state index contributed by atoms with van der Waals surface area (Å²) in [5.41, 5.74) is 0.701. The molecule has 0 saturated heterocycles. The predicted molar refractivity (Wildman–Crippen MR) is 63.6 cm³/mol. The van der Waals surface area contributed by atoms with Crippen molar-refractivity contribution in [2.24, 2.45) is 0 Å². The SMILES string of the molecule is O=C(Cc1ccccn1)Nc1ccc(Cl)nn1. The van der Waals surface area contributed by atoms with Crippen molar-refractivity contribution in [2.75, 3.05) is 5.32 Å². The van der Waals surface area contributed by atoms with Gasteiger partial charge in [0.2, 0.25) is 5.91 Å². The molecule has 0 aliphatic carbocycles. The Kier molecular flexibility index (Phi) is 3.62. The zero-order valence-corrected chi connectivity index (χ0v) is 9.55. The van der Waals surface area contributed by atoms with Gasteiger partial charge in [-0.15, -0.1) is 10.2 Å². The van der Waals surface area contributed by atoms with E-state index in [0.717, 1.165) is 0 Å². The van der Waals surface area contributed by atoms with Gasteiger partial charge < -0.3 is 5.32 Å². The molecule has 86 valence electrons. The maximum absolute atomic E-state index is 11.6. The normalized spacial score (nSPS) is 9.94. The molecule has 0 aromatic carbocycles. The van der Waals surface area contributed by atoms with Crippen LogP contribution in [0.5, 0.6) is 0 Å². The summed E-state index contributed by atoms with van der Waals surface area (Å²) in [6, 6.07) is 8.56. The molecule has 0 saturated carbocycles. The molecular weight excluding hydrogens is 240 g/mol. The van der Waals surface area contributed by atoms with Gasteiger partial charge in [-0.2, -0.15) is 0 Å². The molecular formula is C11H9ClN4O. The first kappa shape index (κ1) is 11.5. The fourth-order valence-corrected chi connectivity index (χ4v) is 1.34. The molecule has 2 aromatic heterocycles. The van der Waals surface area contributed by atoms with E-state index in [1.807, 2.05) is 6.07 Å². The van der Waals surface area contributed by atoms with Gasteiger partial charge in [0.05, 0.1) is 6.42 Å². The second-order valence-electron chi connectivity index (χ2n) is 3.29. The first-order chi connectivity index (χ1) is 8.24. The van der Waals surface area contributed by atoms with Crippen LogP contribution in [0.3, 0.4) is 0 Å². The Morgan fingerprint density at radius 2 is 2.12 bits per heavy atom. The highest BCUT2D eigenvalue weighted by atomic mass is 35.5. The number of aromatic nitrogens is 3. The molecule has 0 unspecified atom stereocenters. The molecule has 2 rings (SSSR count). The number of pyridine rings is 1. The van der Waals surface area contributed by atoms with Gasteiger partial charge in [-0.25, -0.2) is 0 Å². The van der Waals surface area contributed by atoms with Crippen molar-refractivity contribution in [3.8, 4) is 0 Å². The highest BCUT2D eigenvalue weighted by Gasteiger charge is 2.05. The zero-order chi connectivity index (χ0) is 12.1. The van der Waals surface area contributed by atoms with E-state index >= 15 is 0 Å². The van der Waals surface area contributed by atoms with E-state index in [1.165, 1.54) is 0 Å². The lowest BCUT2D eigenvalue weighted by molar-refractivity contribution is -0.115. The summed E-state index contributed by atoms with van der Waals surface area (Å²) in [5, 5.41) is 10.2. The van der Waals surface area contributed by atoms with Crippen molar-refractivity contribution in [3.05, 3.63) is 47.4 Å². The smallest absolute Gasteiger partial charge is 0.231 e. The number of carbonyl (C=O) groups is 1. The molecule has 1 amide bonds. The summed E-state index contributed by atoms with van der Waals surface area (Å²) in [6.07, 6.45) is 1.84. The minimum atomic E-state index is -0.194. The lowest BCUT2D eigenvalue weighted by atomic mass is 10.2. The molecule has 2 heterocycles. The highest BCUT2D eigenvalue weighted by molar-refractivity contribution is 6.29. The van der Waals surface area contributed by atoms with Gasteiger partial charge >= 0.3 is 0 Å². The average molecular weight is 249 g/mol. The minimum Gasteiger partial charge on any atom is -0.309 e. The predicted octanol–water partition coefficient (Wildman–Crippen LogP) is 1.71. The highest BCUT2D eigenvalue weighted by Crippen LogP contribution is 2.06. The Hall–Kier alpha value is -2.01. The Morgan fingerprint density at radius 1 is 1.24 bits per heavy atom. The summed E-state index contributed by atoms with van der Waals surface area (Å²) < 4.78 is 0. The van der Waals surface area contributed by atoms with Gasteiger partial charge in [0.1, 0.15) is 0 Å². The van der Waals surface area contributed by atoms with E-state index in [4.69, 9.17) is 11.6 Å². The summed E-state index contributed by atoms with van der Waals surface area (Å²) in [6.45, 7) is 0. The van der Waals surface area contributed by atoms with Crippen molar-refractivity contribution >= 4 is 23.3 Å². The van der Waals surface area contributed by atoms with Crippen molar-refractivity contribution in [1.82, 2.24) is 15.2 Å². The fourth-order valence-electron chi connectivity index (χ4n) is 1.24. The number of anilines is 1. The largest absolute Gasteiger partial charge is 0.309 e. The Bertz CT molecular complexity index is 501. The molecule has 0 bridgehead atoms. The second kappa shape index (κ2) is 5.36. The van der Waals surface area contributed by atoms with Gasteiger partial charge in [0.15, 0.2) is 11.0 Å². The van der Waals surface area contributed by atoms with E-state index in [9.17, 15) is 4.79 Å². The number of halogens is 1.